The Hall–Kier alpha value is -1.59. The normalized spacial score (nSPS) is 25.8. The highest BCUT2D eigenvalue weighted by molar-refractivity contribution is 5.67. The molecule has 1 aromatic rings. The second-order valence-electron chi connectivity index (χ2n) is 7.52. The van der Waals surface area contributed by atoms with Crippen molar-refractivity contribution in [2.75, 3.05) is 32.7 Å². The van der Waals surface area contributed by atoms with Gasteiger partial charge in [0, 0.05) is 44.8 Å². The van der Waals surface area contributed by atoms with Gasteiger partial charge in [-0.3, -0.25) is 4.90 Å². The number of likely N-dealkylation sites (tertiary alicyclic amines) is 1. The average molecular weight is 345 g/mol. The summed E-state index contributed by atoms with van der Waals surface area (Å²) in [6, 6.07) is 11.1. The van der Waals surface area contributed by atoms with Crippen LogP contribution in [0, 0.1) is 5.92 Å². The van der Waals surface area contributed by atoms with Crippen LogP contribution in [-0.4, -0.2) is 60.7 Å². The van der Waals surface area contributed by atoms with Gasteiger partial charge in [0.1, 0.15) is 6.61 Å². The van der Waals surface area contributed by atoms with Gasteiger partial charge < -0.3 is 15.0 Å². The number of piperazine rings is 1. The number of carbonyl (C=O) groups is 1. The van der Waals surface area contributed by atoms with Crippen molar-refractivity contribution in [1.29, 1.82) is 0 Å². The molecule has 0 aromatic heterocycles. The van der Waals surface area contributed by atoms with Crippen LogP contribution in [0.4, 0.5) is 4.79 Å². The summed E-state index contributed by atoms with van der Waals surface area (Å²) in [6.07, 6.45) is 1.97. The van der Waals surface area contributed by atoms with Crippen molar-refractivity contribution >= 4 is 6.09 Å². The van der Waals surface area contributed by atoms with Gasteiger partial charge in [-0.25, -0.2) is 4.79 Å². The topological polar surface area (TPSA) is 44.8 Å². The third-order valence-corrected chi connectivity index (χ3v) is 5.56. The minimum atomic E-state index is -0.175. The molecule has 2 saturated heterocycles. The number of nitrogens with zero attached hydrogens (tertiary/aromatic N) is 2. The Morgan fingerprint density at radius 1 is 1.12 bits per heavy atom. The fourth-order valence-corrected chi connectivity index (χ4v) is 3.94. The van der Waals surface area contributed by atoms with Crippen molar-refractivity contribution in [2.45, 2.75) is 45.4 Å². The van der Waals surface area contributed by atoms with Crippen LogP contribution in [0.25, 0.3) is 0 Å². The number of hydrogen-bond donors (Lipinski definition) is 1. The molecule has 2 atom stereocenters. The van der Waals surface area contributed by atoms with Crippen LogP contribution in [0.2, 0.25) is 0 Å². The molecule has 0 radical (unpaired) electrons. The molecule has 0 bridgehead atoms. The van der Waals surface area contributed by atoms with Gasteiger partial charge in [-0.1, -0.05) is 30.3 Å². The van der Waals surface area contributed by atoms with Gasteiger partial charge in [0.2, 0.25) is 0 Å². The van der Waals surface area contributed by atoms with Gasteiger partial charge in [0.25, 0.3) is 0 Å². The molecule has 0 unspecified atom stereocenters. The molecule has 2 aliphatic rings. The summed E-state index contributed by atoms with van der Waals surface area (Å²) < 4.78 is 5.46. The van der Waals surface area contributed by atoms with E-state index in [4.69, 9.17) is 4.74 Å². The molecule has 3 rings (SSSR count). The predicted octanol–water partition coefficient (Wildman–Crippen LogP) is 2.72. The Kier molecular flexibility index (Phi) is 6.32. The summed E-state index contributed by atoms with van der Waals surface area (Å²) in [7, 11) is 0. The lowest BCUT2D eigenvalue weighted by Gasteiger charge is -2.42. The standard InChI is InChI=1S/C20H31N3O2/c1-16-12-21-13-17(2)23(16)14-18-8-10-22(11-9-18)20(24)25-15-19-6-4-3-5-7-19/h3-7,16-18,21H,8-15H2,1-2H3/t16-,17-/m1/s1. The number of amides is 1. The average Bonchev–Trinajstić information content (AvgIpc) is 2.64. The maximum absolute atomic E-state index is 12.3. The molecule has 0 aliphatic carbocycles. The first-order chi connectivity index (χ1) is 12.1. The molecule has 1 aromatic carbocycles. The van der Waals surface area contributed by atoms with Crippen LogP contribution in [-0.2, 0) is 11.3 Å². The van der Waals surface area contributed by atoms with E-state index in [1.54, 1.807) is 0 Å². The molecule has 0 spiro atoms. The third kappa shape index (κ3) is 4.95. The Bertz CT molecular complexity index is 533. The van der Waals surface area contributed by atoms with E-state index in [2.05, 4.69) is 24.1 Å². The highest BCUT2D eigenvalue weighted by Gasteiger charge is 2.30. The smallest absolute Gasteiger partial charge is 0.410 e. The molecule has 138 valence electrons. The fraction of sp³-hybridized carbons (Fsp3) is 0.650. The first kappa shape index (κ1) is 18.2. The summed E-state index contributed by atoms with van der Waals surface area (Å²) in [6.45, 7) is 9.90. The number of piperidine rings is 1. The van der Waals surface area contributed by atoms with Crippen LogP contribution in [0.3, 0.4) is 0 Å². The fourth-order valence-electron chi connectivity index (χ4n) is 3.94. The molecule has 5 nitrogen and oxygen atoms in total. The first-order valence-corrected chi connectivity index (χ1v) is 9.55. The van der Waals surface area contributed by atoms with Crippen molar-refractivity contribution in [3.8, 4) is 0 Å². The van der Waals surface area contributed by atoms with Crippen LogP contribution < -0.4 is 5.32 Å². The van der Waals surface area contributed by atoms with Crippen LogP contribution in [0.1, 0.15) is 32.3 Å². The van der Waals surface area contributed by atoms with Gasteiger partial charge in [0.15, 0.2) is 0 Å². The second kappa shape index (κ2) is 8.68. The van der Waals surface area contributed by atoms with Gasteiger partial charge in [0.05, 0.1) is 0 Å². The lowest BCUT2D eigenvalue weighted by molar-refractivity contribution is 0.0588. The highest BCUT2D eigenvalue weighted by Crippen LogP contribution is 2.22. The summed E-state index contributed by atoms with van der Waals surface area (Å²) in [5.74, 6) is 0.682. The Labute approximate surface area is 151 Å². The van der Waals surface area contributed by atoms with Crippen molar-refractivity contribution < 1.29 is 9.53 Å². The zero-order valence-electron chi connectivity index (χ0n) is 15.5. The van der Waals surface area contributed by atoms with Gasteiger partial charge >= 0.3 is 6.09 Å². The minimum absolute atomic E-state index is 0.175. The van der Waals surface area contributed by atoms with Crippen LogP contribution in [0.15, 0.2) is 30.3 Å². The Morgan fingerprint density at radius 3 is 2.40 bits per heavy atom. The van der Waals surface area contributed by atoms with E-state index in [0.29, 0.717) is 24.6 Å². The molecular formula is C20H31N3O2. The zero-order valence-corrected chi connectivity index (χ0v) is 15.5. The molecule has 2 heterocycles. The lowest BCUT2D eigenvalue weighted by Crippen LogP contribution is -2.56. The molecule has 0 saturated carbocycles. The van der Waals surface area contributed by atoms with Crippen LogP contribution in [0.5, 0.6) is 0 Å². The van der Waals surface area contributed by atoms with Gasteiger partial charge in [-0.15, -0.1) is 0 Å². The zero-order chi connectivity index (χ0) is 17.6. The predicted molar refractivity (Wildman–Crippen MR) is 99.4 cm³/mol. The number of benzene rings is 1. The van der Waals surface area contributed by atoms with E-state index < -0.39 is 0 Å². The third-order valence-electron chi connectivity index (χ3n) is 5.56. The molecule has 25 heavy (non-hydrogen) atoms. The summed E-state index contributed by atoms with van der Waals surface area (Å²) in [5.41, 5.74) is 1.03. The number of carbonyl (C=O) groups excluding carboxylic acids is 1. The van der Waals surface area contributed by atoms with E-state index in [-0.39, 0.29) is 6.09 Å². The molecule has 1 amide bonds. The van der Waals surface area contributed by atoms with Crippen molar-refractivity contribution in [1.82, 2.24) is 15.1 Å². The van der Waals surface area contributed by atoms with Crippen LogP contribution >= 0.6 is 0 Å². The van der Waals surface area contributed by atoms with E-state index >= 15 is 0 Å². The molecule has 1 N–H and O–H groups in total. The summed E-state index contributed by atoms with van der Waals surface area (Å²) in [5, 5.41) is 3.49. The number of rotatable bonds is 4. The number of ether oxygens (including phenoxy) is 1. The van der Waals surface area contributed by atoms with Gasteiger partial charge in [-0.05, 0) is 38.2 Å². The van der Waals surface area contributed by atoms with E-state index in [9.17, 15) is 4.79 Å². The maximum atomic E-state index is 12.3. The van der Waals surface area contributed by atoms with E-state index in [1.807, 2.05) is 35.2 Å². The van der Waals surface area contributed by atoms with Crippen molar-refractivity contribution in [2.24, 2.45) is 5.92 Å². The molecule has 5 heteroatoms. The Balaban J connectivity index is 1.41. The quantitative estimate of drug-likeness (QED) is 0.911. The largest absolute Gasteiger partial charge is 0.445 e. The molecular weight excluding hydrogens is 314 g/mol. The highest BCUT2D eigenvalue weighted by atomic mass is 16.6. The lowest BCUT2D eigenvalue weighted by atomic mass is 9.94. The van der Waals surface area contributed by atoms with E-state index in [1.165, 1.54) is 0 Å². The minimum Gasteiger partial charge on any atom is -0.445 e. The second-order valence-corrected chi connectivity index (χ2v) is 7.52. The summed E-state index contributed by atoms with van der Waals surface area (Å²) >= 11 is 0. The first-order valence-electron chi connectivity index (χ1n) is 9.55. The monoisotopic (exact) mass is 345 g/mol. The summed E-state index contributed by atoms with van der Waals surface area (Å²) in [4.78, 5) is 16.8. The van der Waals surface area contributed by atoms with Crippen molar-refractivity contribution in [3.05, 3.63) is 35.9 Å². The number of hydrogen-bond acceptors (Lipinski definition) is 4. The van der Waals surface area contributed by atoms with E-state index in [0.717, 1.165) is 51.1 Å². The van der Waals surface area contributed by atoms with Crippen molar-refractivity contribution in [3.63, 3.8) is 0 Å². The number of nitrogens with one attached hydrogen (secondary N) is 1. The Morgan fingerprint density at radius 2 is 1.76 bits per heavy atom. The molecule has 2 aliphatic heterocycles. The molecule has 2 fully saturated rings. The van der Waals surface area contributed by atoms with Gasteiger partial charge in [-0.2, -0.15) is 0 Å². The maximum Gasteiger partial charge on any atom is 0.410 e. The SMILES string of the molecule is C[C@@H]1CNC[C@@H](C)N1CC1CCN(C(=O)OCc2ccccc2)CC1.